The van der Waals surface area contributed by atoms with E-state index >= 15 is 0 Å². The van der Waals surface area contributed by atoms with Crippen LogP contribution in [-0.2, 0) is 0 Å². The average Bonchev–Trinajstić information content (AvgIpc) is 2.46. The smallest absolute Gasteiger partial charge is 0.0715 e. The van der Waals surface area contributed by atoms with E-state index in [2.05, 4.69) is 33.6 Å². The summed E-state index contributed by atoms with van der Waals surface area (Å²) < 4.78 is 1.14. The highest BCUT2D eigenvalue weighted by atomic mass is 79.9. The molecule has 1 heterocycles. The van der Waals surface area contributed by atoms with Crippen molar-refractivity contribution in [2.75, 3.05) is 6.54 Å². The first-order valence-electron chi connectivity index (χ1n) is 4.59. The van der Waals surface area contributed by atoms with Crippen LogP contribution in [0.1, 0.15) is 31.7 Å². The van der Waals surface area contributed by atoms with Gasteiger partial charge in [0.1, 0.15) is 0 Å². The van der Waals surface area contributed by atoms with Gasteiger partial charge in [0.15, 0.2) is 0 Å². The van der Waals surface area contributed by atoms with Crippen molar-refractivity contribution in [3.05, 3.63) is 20.8 Å². The molecule has 2 nitrogen and oxygen atoms in total. The Bertz CT molecular complexity index is 293. The van der Waals surface area contributed by atoms with Gasteiger partial charge in [-0.05, 0) is 48.1 Å². The monoisotopic (exact) mass is 277 g/mol. The van der Waals surface area contributed by atoms with Crippen molar-refractivity contribution in [3.8, 4) is 0 Å². The van der Waals surface area contributed by atoms with Crippen molar-refractivity contribution in [2.24, 2.45) is 0 Å². The fraction of sp³-hybridized carbons (Fsp3) is 0.600. The molecule has 0 fully saturated rings. The normalized spacial score (nSPS) is 14.4. The predicted molar refractivity (Wildman–Crippen MR) is 64.7 cm³/mol. The number of aliphatic hydroxyl groups is 1. The third-order valence-electron chi connectivity index (χ3n) is 1.88. The molecule has 1 aromatic heterocycles. The Hall–Kier alpha value is 0.100. The number of hydrogen-bond acceptors (Lipinski definition) is 3. The van der Waals surface area contributed by atoms with E-state index in [9.17, 15) is 5.11 Å². The summed E-state index contributed by atoms with van der Waals surface area (Å²) in [6.45, 7) is 6.30. The maximum absolute atomic E-state index is 9.56. The first-order valence-corrected chi connectivity index (χ1v) is 6.26. The summed E-state index contributed by atoms with van der Waals surface area (Å²) in [4.78, 5) is 1.27. The van der Waals surface area contributed by atoms with Crippen LogP contribution < -0.4 is 5.32 Å². The lowest BCUT2D eigenvalue weighted by Crippen LogP contribution is -2.35. The summed E-state index contributed by atoms with van der Waals surface area (Å²) in [5.74, 6) is 0. The van der Waals surface area contributed by atoms with Crippen LogP contribution in [0.3, 0.4) is 0 Å². The molecule has 0 aliphatic heterocycles. The molecule has 1 aromatic rings. The van der Waals surface area contributed by atoms with Crippen molar-refractivity contribution < 1.29 is 5.11 Å². The van der Waals surface area contributed by atoms with Gasteiger partial charge in [-0.3, -0.25) is 0 Å². The molecule has 0 aromatic carbocycles. The van der Waals surface area contributed by atoms with E-state index < -0.39 is 5.60 Å². The van der Waals surface area contributed by atoms with Crippen LogP contribution in [0.15, 0.2) is 15.9 Å². The molecule has 0 aliphatic carbocycles. The lowest BCUT2D eigenvalue weighted by molar-refractivity contribution is 0.0771. The Balaban J connectivity index is 2.51. The second-order valence-electron chi connectivity index (χ2n) is 4.05. The van der Waals surface area contributed by atoms with Gasteiger partial charge in [-0.1, -0.05) is 0 Å². The van der Waals surface area contributed by atoms with Crippen molar-refractivity contribution in [3.63, 3.8) is 0 Å². The zero-order valence-electron chi connectivity index (χ0n) is 8.67. The molecule has 2 N–H and O–H groups in total. The summed E-state index contributed by atoms with van der Waals surface area (Å²) in [5.41, 5.74) is -0.655. The van der Waals surface area contributed by atoms with Gasteiger partial charge >= 0.3 is 0 Å². The molecule has 1 unspecified atom stereocenters. The molecule has 0 amide bonds. The van der Waals surface area contributed by atoms with Gasteiger partial charge in [0.05, 0.1) is 5.60 Å². The Kier molecular flexibility index (Phi) is 4.13. The quantitative estimate of drug-likeness (QED) is 0.887. The molecule has 0 bridgehead atoms. The van der Waals surface area contributed by atoms with E-state index in [0.29, 0.717) is 6.54 Å². The second kappa shape index (κ2) is 4.75. The van der Waals surface area contributed by atoms with Crippen LogP contribution in [0.4, 0.5) is 0 Å². The highest BCUT2D eigenvalue weighted by Crippen LogP contribution is 2.28. The molecule has 4 heteroatoms. The van der Waals surface area contributed by atoms with Gasteiger partial charge in [-0.2, -0.15) is 0 Å². The molecule has 0 radical (unpaired) electrons. The number of rotatable bonds is 4. The summed E-state index contributed by atoms with van der Waals surface area (Å²) in [6.07, 6.45) is 0. The van der Waals surface area contributed by atoms with Crippen LogP contribution in [0, 0.1) is 0 Å². The standard InChI is InChI=1S/C10H16BrNOS/c1-7(12-6-10(2,3)13)9-8(11)4-5-14-9/h4-5,7,12-13H,6H2,1-3H3. The van der Waals surface area contributed by atoms with E-state index in [4.69, 9.17) is 0 Å². The summed E-state index contributed by atoms with van der Waals surface area (Å²) >= 11 is 5.21. The van der Waals surface area contributed by atoms with Gasteiger partial charge in [-0.25, -0.2) is 0 Å². The van der Waals surface area contributed by atoms with Gasteiger partial charge in [-0.15, -0.1) is 11.3 Å². The van der Waals surface area contributed by atoms with Crippen molar-refractivity contribution in [2.45, 2.75) is 32.4 Å². The van der Waals surface area contributed by atoms with Crippen LogP contribution in [0.25, 0.3) is 0 Å². The largest absolute Gasteiger partial charge is 0.389 e. The predicted octanol–water partition coefficient (Wildman–Crippen LogP) is 2.93. The lowest BCUT2D eigenvalue weighted by atomic mass is 10.1. The molecule has 1 atom stereocenters. The lowest BCUT2D eigenvalue weighted by Gasteiger charge is -2.21. The zero-order valence-corrected chi connectivity index (χ0v) is 11.1. The Morgan fingerprint density at radius 2 is 2.29 bits per heavy atom. The highest BCUT2D eigenvalue weighted by molar-refractivity contribution is 9.10. The summed E-state index contributed by atoms with van der Waals surface area (Å²) in [7, 11) is 0. The second-order valence-corrected chi connectivity index (χ2v) is 5.85. The zero-order chi connectivity index (χ0) is 10.8. The molecule has 1 rings (SSSR count). The number of hydrogen-bond donors (Lipinski definition) is 2. The van der Waals surface area contributed by atoms with Crippen molar-refractivity contribution in [1.82, 2.24) is 5.32 Å². The van der Waals surface area contributed by atoms with Crippen molar-refractivity contribution >= 4 is 27.3 Å². The molecule has 0 saturated heterocycles. The van der Waals surface area contributed by atoms with Crippen LogP contribution in [-0.4, -0.2) is 17.3 Å². The SMILES string of the molecule is CC(NCC(C)(C)O)c1sccc1Br. The average molecular weight is 278 g/mol. The van der Waals surface area contributed by atoms with Crippen molar-refractivity contribution in [1.29, 1.82) is 0 Å². The van der Waals surface area contributed by atoms with E-state index in [1.807, 2.05) is 6.07 Å². The molecule has 0 aliphatic rings. The third-order valence-corrected chi connectivity index (χ3v) is 3.93. The Labute approximate surface area is 97.5 Å². The summed E-state index contributed by atoms with van der Waals surface area (Å²) in [6, 6.07) is 2.32. The molecule has 0 saturated carbocycles. The van der Waals surface area contributed by atoms with Crippen LogP contribution in [0.2, 0.25) is 0 Å². The third kappa shape index (κ3) is 3.69. The maximum Gasteiger partial charge on any atom is 0.0715 e. The fourth-order valence-corrected chi connectivity index (χ4v) is 2.86. The van der Waals surface area contributed by atoms with Crippen LogP contribution in [0.5, 0.6) is 0 Å². The topological polar surface area (TPSA) is 32.3 Å². The first kappa shape index (κ1) is 12.2. The Morgan fingerprint density at radius 1 is 1.64 bits per heavy atom. The van der Waals surface area contributed by atoms with Crippen LogP contribution >= 0.6 is 27.3 Å². The number of thiophene rings is 1. The molecule has 0 spiro atoms. The Morgan fingerprint density at radius 3 is 2.71 bits per heavy atom. The maximum atomic E-state index is 9.56. The van der Waals surface area contributed by atoms with Gasteiger partial charge < -0.3 is 10.4 Å². The molecular weight excluding hydrogens is 262 g/mol. The van der Waals surface area contributed by atoms with Gasteiger partial charge in [0.2, 0.25) is 0 Å². The van der Waals surface area contributed by atoms with Gasteiger partial charge in [0, 0.05) is 21.9 Å². The minimum atomic E-state index is -0.655. The van der Waals surface area contributed by atoms with E-state index in [0.717, 1.165) is 4.47 Å². The number of nitrogens with one attached hydrogen (secondary N) is 1. The molecule has 14 heavy (non-hydrogen) atoms. The molecular formula is C10H16BrNOS. The van der Waals surface area contributed by atoms with Gasteiger partial charge in [0.25, 0.3) is 0 Å². The van der Waals surface area contributed by atoms with E-state index in [1.165, 1.54) is 4.88 Å². The van der Waals surface area contributed by atoms with E-state index in [-0.39, 0.29) is 6.04 Å². The number of halogens is 1. The minimum absolute atomic E-state index is 0.274. The molecule has 80 valence electrons. The first-order chi connectivity index (χ1) is 6.40. The van der Waals surface area contributed by atoms with E-state index in [1.54, 1.807) is 25.2 Å². The highest BCUT2D eigenvalue weighted by Gasteiger charge is 2.16. The fourth-order valence-electron chi connectivity index (χ4n) is 1.11. The summed E-state index contributed by atoms with van der Waals surface area (Å²) in [5, 5.41) is 14.9. The minimum Gasteiger partial charge on any atom is -0.389 e.